The summed E-state index contributed by atoms with van der Waals surface area (Å²) >= 11 is 0. The Labute approximate surface area is 209 Å². The molecule has 2 aromatic heterocycles. The van der Waals surface area contributed by atoms with Gasteiger partial charge in [0, 0.05) is 17.9 Å². The number of para-hydroxylation sites is 3. The molecule has 3 amide bonds. The molecule has 3 heterocycles. The van der Waals surface area contributed by atoms with Crippen LogP contribution in [0.2, 0.25) is 0 Å². The second-order valence-corrected chi connectivity index (χ2v) is 9.53. The fourth-order valence-electron chi connectivity index (χ4n) is 5.14. The lowest BCUT2D eigenvalue weighted by Gasteiger charge is -2.38. The van der Waals surface area contributed by atoms with Gasteiger partial charge < -0.3 is 19.2 Å². The molecule has 2 aliphatic rings. The van der Waals surface area contributed by atoms with Gasteiger partial charge >= 0.3 is 6.03 Å². The van der Waals surface area contributed by atoms with Crippen LogP contribution in [0.25, 0.3) is 5.69 Å². The average molecular weight is 481 g/mol. The van der Waals surface area contributed by atoms with Gasteiger partial charge in [0.25, 0.3) is 0 Å². The fraction of sp³-hybridized carbons (Fsp3) is 0.241. The number of aryl methyl sites for hydroxylation is 2. The van der Waals surface area contributed by atoms with Crippen molar-refractivity contribution in [2.45, 2.75) is 38.8 Å². The Morgan fingerprint density at radius 2 is 1.69 bits per heavy atom. The van der Waals surface area contributed by atoms with E-state index in [1.165, 1.54) is 0 Å². The summed E-state index contributed by atoms with van der Waals surface area (Å²) in [5, 5.41) is 3.07. The number of fused-ring (bicyclic) bond motifs is 3. The maximum atomic E-state index is 14.1. The van der Waals surface area contributed by atoms with E-state index in [1.807, 2.05) is 86.8 Å². The molecular formula is C29H28N4O3. The van der Waals surface area contributed by atoms with Gasteiger partial charge in [-0.25, -0.2) is 4.79 Å². The van der Waals surface area contributed by atoms with E-state index in [-0.39, 0.29) is 24.5 Å². The predicted molar refractivity (Wildman–Crippen MR) is 138 cm³/mol. The summed E-state index contributed by atoms with van der Waals surface area (Å²) in [5.41, 5.74) is 5.44. The Morgan fingerprint density at radius 1 is 0.944 bits per heavy atom. The van der Waals surface area contributed by atoms with Crippen LogP contribution >= 0.6 is 0 Å². The van der Waals surface area contributed by atoms with Gasteiger partial charge in [-0.1, -0.05) is 30.3 Å². The van der Waals surface area contributed by atoms with E-state index in [0.717, 1.165) is 46.7 Å². The lowest BCUT2D eigenvalue weighted by atomic mass is 10.0. The van der Waals surface area contributed by atoms with E-state index in [9.17, 15) is 9.59 Å². The van der Waals surface area contributed by atoms with Crippen LogP contribution in [0.15, 0.2) is 83.6 Å². The molecule has 36 heavy (non-hydrogen) atoms. The van der Waals surface area contributed by atoms with E-state index < -0.39 is 6.04 Å². The summed E-state index contributed by atoms with van der Waals surface area (Å²) < 4.78 is 7.91. The molecule has 1 unspecified atom stereocenters. The van der Waals surface area contributed by atoms with E-state index in [2.05, 4.69) is 9.88 Å². The van der Waals surface area contributed by atoms with Crippen LogP contribution < -0.4 is 10.2 Å². The van der Waals surface area contributed by atoms with Gasteiger partial charge in [0.2, 0.25) is 5.91 Å². The Bertz CT molecular complexity index is 1410. The van der Waals surface area contributed by atoms with Gasteiger partial charge in [0.15, 0.2) is 0 Å². The highest BCUT2D eigenvalue weighted by Crippen LogP contribution is 2.42. The SMILES string of the molecule is Cc1cccc(C)c1NC(=O)N(CC(=O)N1c2ccccc2-n2cccc2C1c1ccco1)C1CC1. The minimum absolute atomic E-state index is 0.0202. The molecule has 0 saturated heterocycles. The Morgan fingerprint density at radius 3 is 2.39 bits per heavy atom. The van der Waals surface area contributed by atoms with Crippen molar-refractivity contribution in [2.75, 3.05) is 16.8 Å². The van der Waals surface area contributed by atoms with E-state index in [0.29, 0.717) is 5.76 Å². The molecule has 1 N–H and O–H groups in total. The fourth-order valence-corrected chi connectivity index (χ4v) is 5.14. The molecular weight excluding hydrogens is 452 g/mol. The molecule has 0 spiro atoms. The van der Waals surface area contributed by atoms with Crippen LogP contribution in [-0.4, -0.2) is 34.0 Å². The molecule has 7 nitrogen and oxygen atoms in total. The highest BCUT2D eigenvalue weighted by Gasteiger charge is 2.41. The van der Waals surface area contributed by atoms with Crippen molar-refractivity contribution < 1.29 is 14.0 Å². The van der Waals surface area contributed by atoms with Crippen LogP contribution in [0.3, 0.4) is 0 Å². The molecule has 0 bridgehead atoms. The Hall–Kier alpha value is -4.26. The van der Waals surface area contributed by atoms with E-state index in [4.69, 9.17) is 4.42 Å². The molecule has 0 radical (unpaired) electrons. The van der Waals surface area contributed by atoms with Gasteiger partial charge in [-0.15, -0.1) is 0 Å². The number of hydrogen-bond acceptors (Lipinski definition) is 3. The number of nitrogens with one attached hydrogen (secondary N) is 1. The maximum Gasteiger partial charge on any atom is 0.322 e. The number of aromatic nitrogens is 1. The van der Waals surface area contributed by atoms with E-state index >= 15 is 0 Å². The van der Waals surface area contributed by atoms with Crippen LogP contribution in [0.5, 0.6) is 0 Å². The molecule has 1 atom stereocenters. The number of benzene rings is 2. The molecule has 1 aliphatic carbocycles. The van der Waals surface area contributed by atoms with Crippen LogP contribution in [0.4, 0.5) is 16.2 Å². The molecule has 1 saturated carbocycles. The van der Waals surface area contributed by atoms with Crippen LogP contribution in [0, 0.1) is 13.8 Å². The summed E-state index contributed by atoms with van der Waals surface area (Å²) in [5.74, 6) is 0.524. The quantitative estimate of drug-likeness (QED) is 0.391. The number of nitrogens with zero attached hydrogens (tertiary/aromatic N) is 3. The number of carbonyl (C=O) groups is 2. The third-order valence-electron chi connectivity index (χ3n) is 7.07. The number of hydrogen-bond donors (Lipinski definition) is 1. The third-order valence-corrected chi connectivity index (χ3v) is 7.07. The van der Waals surface area contributed by atoms with Crippen molar-refractivity contribution >= 4 is 23.3 Å². The van der Waals surface area contributed by atoms with E-state index in [1.54, 1.807) is 16.1 Å². The molecule has 182 valence electrons. The maximum absolute atomic E-state index is 14.1. The van der Waals surface area contributed by atoms with Crippen molar-refractivity contribution in [1.82, 2.24) is 9.47 Å². The monoisotopic (exact) mass is 480 g/mol. The summed E-state index contributed by atoms with van der Waals surface area (Å²) in [7, 11) is 0. The normalized spacial score (nSPS) is 16.3. The second-order valence-electron chi connectivity index (χ2n) is 9.53. The Kier molecular flexibility index (Phi) is 5.40. The lowest BCUT2D eigenvalue weighted by molar-refractivity contribution is -0.119. The van der Waals surface area contributed by atoms with Crippen molar-refractivity contribution in [1.29, 1.82) is 0 Å². The van der Waals surface area contributed by atoms with Gasteiger partial charge in [0.1, 0.15) is 18.3 Å². The molecule has 2 aromatic carbocycles. The first-order valence-corrected chi connectivity index (χ1v) is 12.3. The minimum atomic E-state index is -0.430. The summed E-state index contributed by atoms with van der Waals surface area (Å²) in [6.45, 7) is 3.93. The van der Waals surface area contributed by atoms with Crippen molar-refractivity contribution in [3.63, 3.8) is 0 Å². The topological polar surface area (TPSA) is 70.7 Å². The highest BCUT2D eigenvalue weighted by atomic mass is 16.3. The van der Waals surface area contributed by atoms with Gasteiger partial charge in [-0.05, 0) is 74.2 Å². The second kappa shape index (κ2) is 8.75. The molecule has 6 rings (SSSR count). The molecule has 4 aromatic rings. The molecule has 1 fully saturated rings. The van der Waals surface area contributed by atoms with Crippen molar-refractivity contribution in [3.05, 3.63) is 102 Å². The number of rotatable bonds is 5. The smallest absolute Gasteiger partial charge is 0.322 e. The molecule has 7 heteroatoms. The summed E-state index contributed by atoms with van der Waals surface area (Å²) in [6.07, 6.45) is 5.42. The summed E-state index contributed by atoms with van der Waals surface area (Å²) in [4.78, 5) is 31.0. The molecule has 1 aliphatic heterocycles. The van der Waals surface area contributed by atoms with Crippen LogP contribution in [-0.2, 0) is 4.79 Å². The number of furan rings is 1. The van der Waals surface area contributed by atoms with Gasteiger partial charge in [0.05, 0.1) is 23.3 Å². The van der Waals surface area contributed by atoms with Crippen molar-refractivity contribution in [3.8, 4) is 5.69 Å². The van der Waals surface area contributed by atoms with Crippen LogP contribution in [0.1, 0.15) is 41.5 Å². The average Bonchev–Trinajstić information content (AvgIpc) is 3.35. The number of urea groups is 1. The first-order chi connectivity index (χ1) is 17.5. The minimum Gasteiger partial charge on any atom is -0.467 e. The standard InChI is InChI=1S/C29H28N4O3/c1-19-8-5-9-20(2)27(19)30-29(35)32(21-14-15-21)18-26(34)33-23-11-4-3-10-22(23)31-16-6-12-24(31)28(33)25-13-7-17-36-25/h3-13,16-17,21,28H,14-15,18H2,1-2H3,(H,30,35). The predicted octanol–water partition coefficient (Wildman–Crippen LogP) is 5.82. The first-order valence-electron chi connectivity index (χ1n) is 12.3. The number of anilines is 2. The zero-order valence-electron chi connectivity index (χ0n) is 20.3. The summed E-state index contributed by atoms with van der Waals surface area (Å²) in [6, 6.07) is 20.9. The Balaban J connectivity index is 1.35. The zero-order chi connectivity index (χ0) is 24.8. The van der Waals surface area contributed by atoms with Gasteiger partial charge in [-0.2, -0.15) is 0 Å². The lowest BCUT2D eigenvalue weighted by Crippen LogP contribution is -2.48. The highest BCUT2D eigenvalue weighted by molar-refractivity contribution is 6.01. The number of carbonyl (C=O) groups excluding carboxylic acids is 2. The first kappa shape index (κ1) is 22.2. The number of amides is 3. The zero-order valence-corrected chi connectivity index (χ0v) is 20.3. The van der Waals surface area contributed by atoms with Crippen molar-refractivity contribution in [2.24, 2.45) is 0 Å². The van der Waals surface area contributed by atoms with Gasteiger partial charge in [-0.3, -0.25) is 9.69 Å². The third kappa shape index (κ3) is 3.77. The largest absolute Gasteiger partial charge is 0.467 e.